The number of likely N-dealkylation sites (tertiary alicyclic amines) is 1. The number of nitrogens with one attached hydrogen (secondary N) is 1. The fraction of sp³-hybridized carbons (Fsp3) is 0.556. The van der Waals surface area contributed by atoms with E-state index in [2.05, 4.69) is 21.4 Å². The maximum absolute atomic E-state index is 12.3. The van der Waals surface area contributed by atoms with Crippen molar-refractivity contribution in [3.63, 3.8) is 0 Å². The molecular weight excluding hydrogens is 348 g/mol. The van der Waals surface area contributed by atoms with Crippen molar-refractivity contribution in [3.8, 4) is 6.19 Å². The van der Waals surface area contributed by atoms with E-state index in [1.165, 1.54) is 0 Å². The predicted octanol–water partition coefficient (Wildman–Crippen LogP) is 0.645. The summed E-state index contributed by atoms with van der Waals surface area (Å²) in [6.07, 6.45) is 4.16. The maximum atomic E-state index is 12.3. The first-order valence-corrected chi connectivity index (χ1v) is 9.19. The molecule has 9 heteroatoms. The number of nitrogens with zero attached hydrogens (tertiary/aromatic N) is 5. The van der Waals surface area contributed by atoms with Crippen molar-refractivity contribution in [1.82, 2.24) is 20.1 Å². The van der Waals surface area contributed by atoms with Crippen LogP contribution in [0.15, 0.2) is 18.3 Å². The number of aromatic nitrogens is 1. The van der Waals surface area contributed by atoms with Crippen LogP contribution in [-0.2, 0) is 4.74 Å². The van der Waals surface area contributed by atoms with Crippen LogP contribution < -0.4 is 10.2 Å². The van der Waals surface area contributed by atoms with Crippen LogP contribution in [0.2, 0.25) is 0 Å². The van der Waals surface area contributed by atoms with Crippen LogP contribution in [-0.4, -0.2) is 78.7 Å². The van der Waals surface area contributed by atoms with Crippen molar-refractivity contribution in [3.05, 3.63) is 23.9 Å². The van der Waals surface area contributed by atoms with Gasteiger partial charge < -0.3 is 24.8 Å². The molecule has 3 rings (SSSR count). The normalized spacial score (nSPS) is 19.6. The number of carbonyl (C=O) groups is 2. The molecule has 2 fully saturated rings. The van der Waals surface area contributed by atoms with Gasteiger partial charge in [0.05, 0.1) is 12.2 Å². The van der Waals surface area contributed by atoms with Crippen LogP contribution in [0.25, 0.3) is 0 Å². The first kappa shape index (κ1) is 18.8. The van der Waals surface area contributed by atoms with Gasteiger partial charge in [-0.25, -0.2) is 9.78 Å². The zero-order valence-electron chi connectivity index (χ0n) is 15.4. The van der Waals surface area contributed by atoms with Crippen molar-refractivity contribution in [2.45, 2.75) is 19.4 Å². The Balaban J connectivity index is 1.51. The molecule has 1 N–H and O–H groups in total. The minimum Gasteiger partial charge on any atom is -0.450 e. The van der Waals surface area contributed by atoms with E-state index in [1.54, 1.807) is 29.0 Å². The monoisotopic (exact) mass is 372 g/mol. The molecule has 0 aliphatic carbocycles. The third-order valence-electron chi connectivity index (χ3n) is 4.80. The van der Waals surface area contributed by atoms with Gasteiger partial charge in [-0.3, -0.25) is 4.79 Å². The Bertz CT molecular complexity index is 709. The standard InChI is InChI=1S/C18H24N6O3/c1-2-27-18(26)24-9-7-23(8-10-24)16-4-3-14(11-20-16)17(25)21-15-5-6-22(12-15)13-19/h3-4,11,15H,2,5-10,12H2,1H3,(H,21,25)/t15-/m1/s1. The molecule has 1 aromatic rings. The summed E-state index contributed by atoms with van der Waals surface area (Å²) >= 11 is 0. The van der Waals surface area contributed by atoms with Gasteiger partial charge >= 0.3 is 6.09 Å². The zero-order chi connectivity index (χ0) is 19.2. The van der Waals surface area contributed by atoms with E-state index in [0.717, 1.165) is 12.2 Å². The Morgan fingerprint density at radius 3 is 2.67 bits per heavy atom. The molecule has 0 unspecified atom stereocenters. The molecule has 9 nitrogen and oxygen atoms in total. The Morgan fingerprint density at radius 2 is 2.07 bits per heavy atom. The van der Waals surface area contributed by atoms with Crippen molar-refractivity contribution in [2.75, 3.05) is 50.8 Å². The molecule has 1 aromatic heterocycles. The highest BCUT2D eigenvalue weighted by Crippen LogP contribution is 2.15. The predicted molar refractivity (Wildman–Crippen MR) is 98.1 cm³/mol. The molecular formula is C18H24N6O3. The van der Waals surface area contributed by atoms with Crippen molar-refractivity contribution < 1.29 is 14.3 Å². The van der Waals surface area contributed by atoms with Crippen LogP contribution in [0.1, 0.15) is 23.7 Å². The minimum absolute atomic E-state index is 0.00668. The van der Waals surface area contributed by atoms with Gasteiger partial charge in [0.1, 0.15) is 5.82 Å². The molecule has 2 aliphatic rings. The number of pyridine rings is 1. The molecule has 0 radical (unpaired) electrons. The molecule has 0 spiro atoms. The highest BCUT2D eigenvalue weighted by molar-refractivity contribution is 5.94. The SMILES string of the molecule is CCOC(=O)N1CCN(c2ccc(C(=O)N[C@@H]3CCN(C#N)C3)cn2)CC1. The van der Waals surface area contributed by atoms with E-state index in [-0.39, 0.29) is 18.0 Å². The molecule has 144 valence electrons. The Labute approximate surface area is 158 Å². The number of ether oxygens (including phenoxy) is 1. The summed E-state index contributed by atoms with van der Waals surface area (Å²) in [4.78, 5) is 33.9. The fourth-order valence-corrected chi connectivity index (χ4v) is 3.28. The summed E-state index contributed by atoms with van der Waals surface area (Å²) in [6, 6.07) is 3.57. The van der Waals surface area contributed by atoms with Gasteiger partial charge in [-0.15, -0.1) is 0 Å². The van der Waals surface area contributed by atoms with Crippen LogP contribution in [0.4, 0.5) is 10.6 Å². The first-order chi connectivity index (χ1) is 13.1. The van der Waals surface area contributed by atoms with Gasteiger partial charge in [0.15, 0.2) is 6.19 Å². The molecule has 3 heterocycles. The quantitative estimate of drug-likeness (QED) is 0.774. The van der Waals surface area contributed by atoms with Gasteiger partial charge in [-0.1, -0.05) is 0 Å². The van der Waals surface area contributed by atoms with Gasteiger partial charge in [0.25, 0.3) is 5.91 Å². The molecule has 2 aliphatic heterocycles. The summed E-state index contributed by atoms with van der Waals surface area (Å²) in [7, 11) is 0. The number of hydrogen-bond donors (Lipinski definition) is 1. The highest BCUT2D eigenvalue weighted by atomic mass is 16.6. The van der Waals surface area contributed by atoms with Crippen molar-refractivity contribution in [2.24, 2.45) is 0 Å². The number of rotatable bonds is 4. The van der Waals surface area contributed by atoms with E-state index in [4.69, 9.17) is 10.00 Å². The molecule has 0 aromatic carbocycles. The summed E-state index contributed by atoms with van der Waals surface area (Å²) < 4.78 is 5.02. The summed E-state index contributed by atoms with van der Waals surface area (Å²) in [6.45, 7) is 5.91. The molecule has 2 saturated heterocycles. The Kier molecular flexibility index (Phi) is 5.96. The van der Waals surface area contributed by atoms with Crippen molar-refractivity contribution >= 4 is 17.8 Å². The largest absolute Gasteiger partial charge is 0.450 e. The first-order valence-electron chi connectivity index (χ1n) is 9.19. The molecule has 0 saturated carbocycles. The Morgan fingerprint density at radius 1 is 1.30 bits per heavy atom. The molecule has 0 bridgehead atoms. The molecule has 27 heavy (non-hydrogen) atoms. The minimum atomic E-state index is -0.279. The van der Waals surface area contributed by atoms with E-state index < -0.39 is 0 Å². The number of piperazine rings is 1. The average Bonchev–Trinajstić information content (AvgIpc) is 3.16. The molecule has 2 amide bonds. The second kappa shape index (κ2) is 8.58. The lowest BCUT2D eigenvalue weighted by atomic mass is 10.2. The molecule has 1 atom stereocenters. The van der Waals surface area contributed by atoms with Crippen LogP contribution in [0.3, 0.4) is 0 Å². The summed E-state index contributed by atoms with van der Waals surface area (Å²) in [5.74, 6) is 0.609. The second-order valence-corrected chi connectivity index (χ2v) is 6.58. The highest BCUT2D eigenvalue weighted by Gasteiger charge is 2.24. The van der Waals surface area contributed by atoms with E-state index in [1.807, 2.05) is 6.07 Å². The lowest BCUT2D eigenvalue weighted by molar-refractivity contribution is 0.0937. The lowest BCUT2D eigenvalue weighted by Crippen LogP contribution is -2.49. The van der Waals surface area contributed by atoms with Crippen LogP contribution in [0, 0.1) is 11.5 Å². The summed E-state index contributed by atoms with van der Waals surface area (Å²) in [5.41, 5.74) is 0.499. The van der Waals surface area contributed by atoms with E-state index in [9.17, 15) is 9.59 Å². The van der Waals surface area contributed by atoms with Crippen molar-refractivity contribution in [1.29, 1.82) is 5.26 Å². The number of carbonyl (C=O) groups excluding carboxylic acids is 2. The number of hydrogen-bond acceptors (Lipinski definition) is 7. The average molecular weight is 372 g/mol. The second-order valence-electron chi connectivity index (χ2n) is 6.58. The van der Waals surface area contributed by atoms with Gasteiger partial charge in [0.2, 0.25) is 0 Å². The topological polar surface area (TPSA) is 102 Å². The van der Waals surface area contributed by atoms with Gasteiger partial charge in [-0.05, 0) is 25.5 Å². The lowest BCUT2D eigenvalue weighted by Gasteiger charge is -2.34. The van der Waals surface area contributed by atoms with Gasteiger partial charge in [-0.2, -0.15) is 5.26 Å². The van der Waals surface area contributed by atoms with Crippen LogP contribution >= 0.6 is 0 Å². The number of nitriles is 1. The number of anilines is 1. The van der Waals surface area contributed by atoms with E-state index >= 15 is 0 Å². The third-order valence-corrected chi connectivity index (χ3v) is 4.80. The van der Waals surface area contributed by atoms with E-state index in [0.29, 0.717) is 51.4 Å². The Hall–Kier alpha value is -3.02. The maximum Gasteiger partial charge on any atom is 0.409 e. The number of amides is 2. The third kappa shape index (κ3) is 4.58. The smallest absolute Gasteiger partial charge is 0.409 e. The van der Waals surface area contributed by atoms with Gasteiger partial charge in [0, 0.05) is 51.5 Å². The summed E-state index contributed by atoms with van der Waals surface area (Å²) in [5, 5.41) is 11.8. The zero-order valence-corrected chi connectivity index (χ0v) is 15.4. The van der Waals surface area contributed by atoms with Crippen LogP contribution in [0.5, 0.6) is 0 Å². The fourth-order valence-electron chi connectivity index (χ4n) is 3.28.